The normalized spacial score (nSPS) is 27.5. The van der Waals surface area contributed by atoms with Crippen molar-refractivity contribution < 1.29 is 14.6 Å². The Morgan fingerprint density at radius 1 is 1.55 bits per heavy atom. The molecule has 0 aliphatic carbocycles. The third-order valence-corrected chi connectivity index (χ3v) is 4.75. The van der Waals surface area contributed by atoms with Crippen LogP contribution in [0, 0.1) is 11.3 Å². The van der Waals surface area contributed by atoms with E-state index in [0.29, 0.717) is 19.7 Å². The van der Waals surface area contributed by atoms with Crippen molar-refractivity contribution in [2.45, 2.75) is 6.54 Å². The Balaban J connectivity index is 1.73. The minimum Gasteiger partial charge on any atom is -0.489 e. The van der Waals surface area contributed by atoms with Gasteiger partial charge in [-0.2, -0.15) is 0 Å². The van der Waals surface area contributed by atoms with Gasteiger partial charge in [0.25, 0.3) is 0 Å². The maximum absolute atomic E-state index is 11.7. The van der Waals surface area contributed by atoms with Gasteiger partial charge in [0.1, 0.15) is 12.4 Å². The summed E-state index contributed by atoms with van der Waals surface area (Å²) < 4.78 is 5.69. The molecule has 22 heavy (non-hydrogen) atoms. The Hall–Kier alpha value is -1.85. The molecule has 1 aromatic carbocycles. The maximum atomic E-state index is 11.7. The number of aliphatic carboxylic acids is 1. The van der Waals surface area contributed by atoms with E-state index in [1.54, 1.807) is 6.08 Å². The Bertz CT molecular complexity index is 575. The van der Waals surface area contributed by atoms with Crippen LogP contribution in [0.25, 0.3) is 0 Å². The molecule has 2 saturated heterocycles. The molecule has 0 spiro atoms. The van der Waals surface area contributed by atoms with Crippen molar-refractivity contribution in [3.05, 3.63) is 42.5 Å². The second kappa shape index (κ2) is 6.10. The lowest BCUT2D eigenvalue weighted by atomic mass is 9.81. The molecule has 0 saturated carbocycles. The van der Waals surface area contributed by atoms with E-state index in [9.17, 15) is 9.90 Å². The van der Waals surface area contributed by atoms with Crippen molar-refractivity contribution in [2.24, 2.45) is 11.3 Å². The Morgan fingerprint density at radius 2 is 2.36 bits per heavy atom. The summed E-state index contributed by atoms with van der Waals surface area (Å²) in [4.78, 5) is 13.9. The first kappa shape index (κ1) is 15.1. The fraction of sp³-hybridized carbons (Fsp3) is 0.471. The molecule has 0 radical (unpaired) electrons. The van der Waals surface area contributed by atoms with Crippen LogP contribution >= 0.6 is 0 Å². The number of rotatable bonds is 6. The largest absolute Gasteiger partial charge is 0.489 e. The minimum absolute atomic E-state index is 0.186. The summed E-state index contributed by atoms with van der Waals surface area (Å²) in [7, 11) is 0. The Morgan fingerprint density at radius 3 is 3.09 bits per heavy atom. The molecule has 0 amide bonds. The zero-order valence-electron chi connectivity index (χ0n) is 12.6. The molecular weight excluding hydrogens is 280 g/mol. The number of para-hydroxylation sites is 1. The summed E-state index contributed by atoms with van der Waals surface area (Å²) in [5, 5.41) is 12.9. The number of benzene rings is 1. The van der Waals surface area contributed by atoms with E-state index in [2.05, 4.69) is 16.8 Å². The molecule has 2 aliphatic rings. The van der Waals surface area contributed by atoms with Gasteiger partial charge < -0.3 is 15.2 Å². The van der Waals surface area contributed by atoms with Gasteiger partial charge >= 0.3 is 5.97 Å². The van der Waals surface area contributed by atoms with Gasteiger partial charge in [-0.3, -0.25) is 9.69 Å². The number of carboxylic acid groups (broad SMARTS) is 1. The SMILES string of the molecule is C=CCOc1ccccc1CN1C[C@@H]2CNC[C@]2(C(=O)O)C1. The lowest BCUT2D eigenvalue weighted by Crippen LogP contribution is -2.40. The zero-order chi connectivity index (χ0) is 15.6. The molecule has 118 valence electrons. The van der Waals surface area contributed by atoms with Crippen LogP contribution in [0.3, 0.4) is 0 Å². The number of nitrogens with zero attached hydrogens (tertiary/aromatic N) is 1. The molecule has 5 heteroatoms. The fourth-order valence-corrected chi connectivity index (χ4v) is 3.61. The molecule has 2 atom stereocenters. The topological polar surface area (TPSA) is 61.8 Å². The van der Waals surface area contributed by atoms with Crippen LogP contribution in [0.1, 0.15) is 5.56 Å². The van der Waals surface area contributed by atoms with E-state index in [1.165, 1.54) is 0 Å². The van der Waals surface area contributed by atoms with Crippen LogP contribution < -0.4 is 10.1 Å². The Kier molecular flexibility index (Phi) is 4.18. The molecular formula is C17H22N2O3. The molecule has 0 bridgehead atoms. The van der Waals surface area contributed by atoms with Crippen molar-refractivity contribution in [2.75, 3.05) is 32.8 Å². The summed E-state index contributed by atoms with van der Waals surface area (Å²) in [6, 6.07) is 7.92. The van der Waals surface area contributed by atoms with Gasteiger partial charge in [-0.15, -0.1) is 0 Å². The number of carboxylic acids is 1. The van der Waals surface area contributed by atoms with Crippen LogP contribution in [-0.2, 0) is 11.3 Å². The van der Waals surface area contributed by atoms with Gasteiger partial charge in [-0.05, 0) is 6.07 Å². The van der Waals surface area contributed by atoms with Crippen molar-refractivity contribution in [1.82, 2.24) is 10.2 Å². The highest BCUT2D eigenvalue weighted by Crippen LogP contribution is 2.40. The van der Waals surface area contributed by atoms with Crippen molar-refractivity contribution in [1.29, 1.82) is 0 Å². The molecule has 5 nitrogen and oxygen atoms in total. The number of ether oxygens (including phenoxy) is 1. The van der Waals surface area contributed by atoms with Gasteiger partial charge in [-0.1, -0.05) is 30.9 Å². The van der Waals surface area contributed by atoms with Crippen LogP contribution in [-0.4, -0.2) is 48.8 Å². The first-order chi connectivity index (χ1) is 10.7. The van der Waals surface area contributed by atoms with Gasteiger partial charge in [-0.25, -0.2) is 0 Å². The van der Waals surface area contributed by atoms with E-state index in [4.69, 9.17) is 4.74 Å². The molecule has 3 rings (SSSR count). The van der Waals surface area contributed by atoms with Crippen LogP contribution in [0.4, 0.5) is 0 Å². The summed E-state index contributed by atoms with van der Waals surface area (Å²) in [6.07, 6.45) is 1.72. The fourth-order valence-electron chi connectivity index (χ4n) is 3.61. The first-order valence-corrected chi connectivity index (χ1v) is 7.64. The number of fused-ring (bicyclic) bond motifs is 1. The number of carbonyl (C=O) groups is 1. The predicted octanol–water partition coefficient (Wildman–Crippen LogP) is 1.36. The number of hydrogen-bond donors (Lipinski definition) is 2. The molecule has 0 aromatic heterocycles. The van der Waals surface area contributed by atoms with Gasteiger partial charge in [0.05, 0.1) is 5.41 Å². The molecule has 2 fully saturated rings. The van der Waals surface area contributed by atoms with Crippen molar-refractivity contribution >= 4 is 5.97 Å². The van der Waals surface area contributed by atoms with E-state index < -0.39 is 11.4 Å². The van der Waals surface area contributed by atoms with Crippen LogP contribution in [0.5, 0.6) is 5.75 Å². The predicted molar refractivity (Wildman–Crippen MR) is 83.8 cm³/mol. The average molecular weight is 302 g/mol. The van der Waals surface area contributed by atoms with E-state index in [1.807, 2.05) is 24.3 Å². The maximum Gasteiger partial charge on any atom is 0.312 e. The van der Waals surface area contributed by atoms with Gasteiger partial charge in [0, 0.05) is 44.2 Å². The molecule has 2 N–H and O–H groups in total. The highest BCUT2D eigenvalue weighted by atomic mass is 16.5. The Labute approximate surface area is 130 Å². The summed E-state index contributed by atoms with van der Waals surface area (Å²) in [6.45, 7) is 7.63. The highest BCUT2D eigenvalue weighted by Gasteiger charge is 2.54. The monoisotopic (exact) mass is 302 g/mol. The first-order valence-electron chi connectivity index (χ1n) is 7.64. The second-order valence-electron chi connectivity index (χ2n) is 6.17. The van der Waals surface area contributed by atoms with E-state index >= 15 is 0 Å². The smallest absolute Gasteiger partial charge is 0.312 e. The zero-order valence-corrected chi connectivity index (χ0v) is 12.6. The van der Waals surface area contributed by atoms with E-state index in [-0.39, 0.29) is 5.92 Å². The molecule has 0 unspecified atom stereocenters. The third-order valence-electron chi connectivity index (χ3n) is 4.75. The van der Waals surface area contributed by atoms with Crippen molar-refractivity contribution in [3.8, 4) is 5.75 Å². The van der Waals surface area contributed by atoms with Crippen LogP contribution in [0.15, 0.2) is 36.9 Å². The minimum atomic E-state index is -0.679. The average Bonchev–Trinajstić information content (AvgIpc) is 3.04. The quantitative estimate of drug-likeness (QED) is 0.777. The molecule has 1 aromatic rings. The summed E-state index contributed by atoms with van der Waals surface area (Å²) in [5.74, 6) is 0.356. The van der Waals surface area contributed by atoms with E-state index in [0.717, 1.165) is 30.9 Å². The lowest BCUT2D eigenvalue weighted by Gasteiger charge is -2.23. The standard InChI is InChI=1S/C17H22N2O3/c1-2-7-22-15-6-4-3-5-13(15)9-19-10-14-8-18-11-17(14,12-19)16(20)21/h2-6,14,18H,1,7-12H2,(H,20,21)/t14-,17-/m0/s1. The number of nitrogens with one attached hydrogen (secondary N) is 1. The lowest BCUT2D eigenvalue weighted by molar-refractivity contribution is -0.148. The number of likely N-dealkylation sites (tertiary alicyclic amines) is 1. The van der Waals surface area contributed by atoms with Crippen molar-refractivity contribution in [3.63, 3.8) is 0 Å². The van der Waals surface area contributed by atoms with Crippen LogP contribution in [0.2, 0.25) is 0 Å². The van der Waals surface area contributed by atoms with Gasteiger partial charge in [0.15, 0.2) is 0 Å². The second-order valence-corrected chi connectivity index (χ2v) is 6.17. The van der Waals surface area contributed by atoms with Gasteiger partial charge in [0.2, 0.25) is 0 Å². The number of hydrogen-bond acceptors (Lipinski definition) is 4. The summed E-state index contributed by atoms with van der Waals surface area (Å²) in [5.41, 5.74) is 0.467. The molecule has 2 aliphatic heterocycles. The summed E-state index contributed by atoms with van der Waals surface area (Å²) >= 11 is 0. The molecule has 2 heterocycles. The third kappa shape index (κ3) is 2.62. The highest BCUT2D eigenvalue weighted by molar-refractivity contribution is 5.77.